The van der Waals surface area contributed by atoms with E-state index >= 15 is 0 Å². The standard InChI is InChI=1S/C21H27N5O2.2ClH/c1-5-22-12-15-7-6-8-16(11-15)24-18(27)10-9-17-13(2)19-20(23-14(17)3)26(4)25-21(19)28;;/h6-8,11,22H,5,9-10,12H2,1-4H3,(H,24,27)(H,25,28);2*1H. The number of hydrogen-bond acceptors (Lipinski definition) is 4. The maximum atomic E-state index is 12.4. The monoisotopic (exact) mass is 453 g/mol. The Balaban J connectivity index is 0.00000225. The van der Waals surface area contributed by atoms with Crippen molar-refractivity contribution in [1.29, 1.82) is 0 Å². The van der Waals surface area contributed by atoms with Gasteiger partial charge < -0.3 is 10.6 Å². The van der Waals surface area contributed by atoms with Crippen LogP contribution in [0.2, 0.25) is 0 Å². The molecule has 2 aromatic heterocycles. The van der Waals surface area contributed by atoms with Crippen LogP contribution in [0.3, 0.4) is 0 Å². The van der Waals surface area contributed by atoms with Gasteiger partial charge in [-0.15, -0.1) is 24.8 Å². The third-order valence-electron chi connectivity index (χ3n) is 4.97. The molecule has 0 bridgehead atoms. The first-order valence-corrected chi connectivity index (χ1v) is 9.55. The molecule has 30 heavy (non-hydrogen) atoms. The number of anilines is 1. The zero-order valence-electron chi connectivity index (χ0n) is 17.7. The van der Waals surface area contributed by atoms with Crippen molar-refractivity contribution in [1.82, 2.24) is 20.1 Å². The summed E-state index contributed by atoms with van der Waals surface area (Å²) in [5.41, 5.74) is 5.12. The van der Waals surface area contributed by atoms with Crippen LogP contribution >= 0.6 is 24.8 Å². The summed E-state index contributed by atoms with van der Waals surface area (Å²) in [6, 6.07) is 7.84. The SMILES string of the molecule is CCNCc1cccc(NC(=O)CCc2c(C)nc3c(c2C)c(=O)[nH]n3C)c1.Cl.Cl. The largest absolute Gasteiger partial charge is 0.326 e. The number of hydrogen-bond donors (Lipinski definition) is 3. The lowest BCUT2D eigenvalue weighted by molar-refractivity contribution is -0.116. The van der Waals surface area contributed by atoms with Gasteiger partial charge in [0.2, 0.25) is 5.91 Å². The van der Waals surface area contributed by atoms with Gasteiger partial charge in [-0.1, -0.05) is 19.1 Å². The number of carbonyl (C=O) groups is 1. The highest BCUT2D eigenvalue weighted by Gasteiger charge is 2.16. The first kappa shape index (κ1) is 25.7. The van der Waals surface area contributed by atoms with E-state index in [0.29, 0.717) is 23.9 Å². The van der Waals surface area contributed by atoms with Crippen molar-refractivity contribution in [3.8, 4) is 0 Å². The predicted octanol–water partition coefficient (Wildman–Crippen LogP) is 3.40. The number of H-pyrrole nitrogens is 1. The number of amides is 1. The molecule has 3 aromatic rings. The molecule has 0 saturated heterocycles. The lowest BCUT2D eigenvalue weighted by Gasteiger charge is -2.11. The Morgan fingerprint density at radius 3 is 2.67 bits per heavy atom. The van der Waals surface area contributed by atoms with Crippen molar-refractivity contribution in [3.05, 3.63) is 57.0 Å². The first-order valence-electron chi connectivity index (χ1n) is 9.55. The quantitative estimate of drug-likeness (QED) is 0.510. The Labute approximate surface area is 188 Å². The van der Waals surface area contributed by atoms with Crippen LogP contribution in [0.25, 0.3) is 11.0 Å². The highest BCUT2D eigenvalue weighted by molar-refractivity contribution is 5.91. The van der Waals surface area contributed by atoms with E-state index in [9.17, 15) is 9.59 Å². The van der Waals surface area contributed by atoms with Gasteiger partial charge in [-0.2, -0.15) is 0 Å². The van der Waals surface area contributed by atoms with Crippen LogP contribution < -0.4 is 16.2 Å². The van der Waals surface area contributed by atoms with Gasteiger partial charge in [0, 0.05) is 31.4 Å². The maximum Gasteiger partial charge on any atom is 0.273 e. The van der Waals surface area contributed by atoms with E-state index in [1.807, 2.05) is 38.1 Å². The maximum absolute atomic E-state index is 12.4. The smallest absolute Gasteiger partial charge is 0.273 e. The van der Waals surface area contributed by atoms with Gasteiger partial charge in [-0.3, -0.25) is 19.4 Å². The van der Waals surface area contributed by atoms with Crippen molar-refractivity contribution in [2.24, 2.45) is 7.05 Å². The van der Waals surface area contributed by atoms with Gasteiger partial charge in [-0.05, 0) is 55.6 Å². The second-order valence-electron chi connectivity index (χ2n) is 7.03. The Morgan fingerprint density at radius 2 is 1.97 bits per heavy atom. The Morgan fingerprint density at radius 1 is 1.23 bits per heavy atom. The molecule has 1 aromatic carbocycles. The Hall–Kier alpha value is -2.35. The van der Waals surface area contributed by atoms with E-state index in [4.69, 9.17) is 0 Å². The minimum atomic E-state index is -0.147. The lowest BCUT2D eigenvalue weighted by atomic mass is 10.00. The number of rotatable bonds is 7. The Kier molecular flexibility index (Phi) is 9.55. The average Bonchev–Trinajstić information content (AvgIpc) is 2.93. The number of aromatic amines is 1. The fraction of sp³-hybridized carbons (Fsp3) is 0.381. The van der Waals surface area contributed by atoms with Crippen LogP contribution in [0.5, 0.6) is 0 Å². The zero-order chi connectivity index (χ0) is 20.3. The van der Waals surface area contributed by atoms with Crippen LogP contribution in [0, 0.1) is 13.8 Å². The third kappa shape index (κ3) is 5.62. The first-order chi connectivity index (χ1) is 13.4. The summed E-state index contributed by atoms with van der Waals surface area (Å²) >= 11 is 0. The third-order valence-corrected chi connectivity index (χ3v) is 4.97. The summed E-state index contributed by atoms with van der Waals surface area (Å²) < 4.78 is 1.63. The van der Waals surface area contributed by atoms with E-state index in [1.165, 1.54) is 0 Å². The van der Waals surface area contributed by atoms with E-state index in [2.05, 4.69) is 27.6 Å². The second kappa shape index (κ2) is 11.2. The topological polar surface area (TPSA) is 91.8 Å². The van der Waals surface area contributed by atoms with Crippen LogP contribution in [-0.2, 0) is 24.8 Å². The molecule has 0 atom stereocenters. The van der Waals surface area contributed by atoms with Gasteiger partial charge in [-0.25, -0.2) is 4.98 Å². The number of nitrogens with zero attached hydrogens (tertiary/aromatic N) is 2. The summed E-state index contributed by atoms with van der Waals surface area (Å²) in [6.07, 6.45) is 0.870. The van der Waals surface area contributed by atoms with Gasteiger partial charge in [0.1, 0.15) is 0 Å². The molecule has 0 saturated carbocycles. The number of nitrogens with one attached hydrogen (secondary N) is 3. The van der Waals surface area contributed by atoms with E-state index < -0.39 is 0 Å². The summed E-state index contributed by atoms with van der Waals surface area (Å²) in [5, 5.41) is 9.58. The van der Waals surface area contributed by atoms with Crippen LogP contribution in [-0.4, -0.2) is 27.2 Å². The minimum Gasteiger partial charge on any atom is -0.326 e. The van der Waals surface area contributed by atoms with E-state index in [-0.39, 0.29) is 36.3 Å². The molecule has 1 amide bonds. The fourth-order valence-corrected chi connectivity index (χ4v) is 3.51. The van der Waals surface area contributed by atoms with Crippen molar-refractivity contribution in [3.63, 3.8) is 0 Å². The van der Waals surface area contributed by atoms with Gasteiger partial charge in [0.25, 0.3) is 5.56 Å². The number of fused-ring (bicyclic) bond motifs is 1. The number of halogens is 2. The summed E-state index contributed by atoms with van der Waals surface area (Å²) in [4.78, 5) is 29.2. The van der Waals surface area contributed by atoms with Gasteiger partial charge in [0.15, 0.2) is 5.65 Å². The normalized spacial score (nSPS) is 10.4. The molecule has 0 spiro atoms. The van der Waals surface area contributed by atoms with Crippen molar-refractivity contribution in [2.45, 2.75) is 40.2 Å². The predicted molar refractivity (Wildman–Crippen MR) is 126 cm³/mol. The molecule has 7 nitrogen and oxygen atoms in total. The molecule has 3 rings (SSSR count). The number of aromatic nitrogens is 3. The average molecular weight is 454 g/mol. The number of aryl methyl sites for hydroxylation is 3. The molecule has 9 heteroatoms. The zero-order valence-corrected chi connectivity index (χ0v) is 19.3. The molecular weight excluding hydrogens is 425 g/mol. The number of carbonyl (C=O) groups excluding carboxylic acids is 1. The van der Waals surface area contributed by atoms with Crippen molar-refractivity contribution >= 4 is 47.4 Å². The van der Waals surface area contributed by atoms with E-state index in [0.717, 1.165) is 41.2 Å². The van der Waals surface area contributed by atoms with Gasteiger partial charge >= 0.3 is 0 Å². The number of pyridine rings is 1. The molecule has 0 aliphatic carbocycles. The molecular formula is C21H29Cl2N5O2. The molecule has 0 aliphatic heterocycles. The second-order valence-corrected chi connectivity index (χ2v) is 7.03. The van der Waals surface area contributed by atoms with Crippen LogP contribution in [0.15, 0.2) is 29.1 Å². The van der Waals surface area contributed by atoms with Crippen LogP contribution in [0.1, 0.15) is 35.7 Å². The fourth-order valence-electron chi connectivity index (χ4n) is 3.51. The molecule has 0 radical (unpaired) electrons. The lowest BCUT2D eigenvalue weighted by Crippen LogP contribution is -2.15. The highest BCUT2D eigenvalue weighted by Crippen LogP contribution is 2.21. The molecule has 0 unspecified atom stereocenters. The van der Waals surface area contributed by atoms with Crippen molar-refractivity contribution in [2.75, 3.05) is 11.9 Å². The van der Waals surface area contributed by atoms with Crippen LogP contribution in [0.4, 0.5) is 5.69 Å². The van der Waals surface area contributed by atoms with E-state index in [1.54, 1.807) is 11.7 Å². The summed E-state index contributed by atoms with van der Waals surface area (Å²) in [5.74, 6) is -0.0542. The Bertz CT molecular complexity index is 1080. The molecule has 0 aliphatic rings. The molecule has 164 valence electrons. The molecule has 0 fully saturated rings. The van der Waals surface area contributed by atoms with Crippen molar-refractivity contribution < 1.29 is 4.79 Å². The molecule has 3 N–H and O–H groups in total. The summed E-state index contributed by atoms with van der Waals surface area (Å²) in [6.45, 7) is 7.57. The molecule has 2 heterocycles. The van der Waals surface area contributed by atoms with Gasteiger partial charge in [0.05, 0.1) is 5.39 Å². The minimum absolute atomic E-state index is 0. The highest BCUT2D eigenvalue weighted by atomic mass is 35.5. The number of benzene rings is 1. The summed E-state index contributed by atoms with van der Waals surface area (Å²) in [7, 11) is 1.77.